The highest BCUT2D eigenvalue weighted by Crippen LogP contribution is 2.29. The first-order chi connectivity index (χ1) is 18.4. The van der Waals surface area contributed by atoms with E-state index in [1.807, 2.05) is 0 Å². The van der Waals surface area contributed by atoms with Crippen molar-refractivity contribution in [1.29, 1.82) is 0 Å². The Morgan fingerprint density at radius 3 is 2.58 bits per heavy atom. The molecular weight excluding hydrogens is 521 g/mol. The summed E-state index contributed by atoms with van der Waals surface area (Å²) in [6, 6.07) is 13.9. The van der Waals surface area contributed by atoms with Crippen LogP contribution in [-0.4, -0.2) is 47.1 Å². The Labute approximate surface area is 234 Å². The van der Waals surface area contributed by atoms with E-state index in [4.69, 9.17) is 27.7 Å². The molecular formula is C29H35Cl2N5O2. The van der Waals surface area contributed by atoms with E-state index in [1.54, 1.807) is 18.2 Å². The highest BCUT2D eigenvalue weighted by atomic mass is 35.5. The summed E-state index contributed by atoms with van der Waals surface area (Å²) in [7, 11) is 0. The minimum atomic E-state index is -0.0219. The number of nitrogens with one attached hydrogen (secondary N) is 1. The molecule has 202 valence electrons. The number of likely N-dealkylation sites (tertiary alicyclic amines) is 1. The van der Waals surface area contributed by atoms with Gasteiger partial charge in [-0.25, -0.2) is 0 Å². The van der Waals surface area contributed by atoms with Crippen LogP contribution in [0.5, 0.6) is 0 Å². The maximum Gasteiger partial charge on any atom is 0.241 e. The number of carbonyl (C=O) groups excluding carboxylic acids is 1. The van der Waals surface area contributed by atoms with Crippen LogP contribution >= 0.6 is 23.2 Å². The number of halogens is 2. The molecule has 0 aliphatic carbocycles. The van der Waals surface area contributed by atoms with Gasteiger partial charge in [0.2, 0.25) is 17.6 Å². The third-order valence-corrected chi connectivity index (χ3v) is 8.28. The van der Waals surface area contributed by atoms with E-state index >= 15 is 0 Å². The molecule has 38 heavy (non-hydrogen) atoms. The lowest BCUT2D eigenvalue weighted by molar-refractivity contribution is -0.127. The minimum absolute atomic E-state index is 0.00827. The lowest BCUT2D eigenvalue weighted by Crippen LogP contribution is -2.41. The Balaban J connectivity index is 1.09. The zero-order valence-electron chi connectivity index (χ0n) is 22.0. The Morgan fingerprint density at radius 2 is 1.87 bits per heavy atom. The number of hydrogen-bond donors (Lipinski definition) is 1. The topological polar surface area (TPSA) is 74.5 Å². The summed E-state index contributed by atoms with van der Waals surface area (Å²) in [5.41, 5.74) is 3.10. The molecule has 0 radical (unpaired) electrons. The van der Waals surface area contributed by atoms with Gasteiger partial charge in [0.25, 0.3) is 0 Å². The second-order valence-electron chi connectivity index (χ2n) is 10.7. The predicted octanol–water partition coefficient (Wildman–Crippen LogP) is 6.37. The summed E-state index contributed by atoms with van der Waals surface area (Å²) in [4.78, 5) is 22.2. The van der Waals surface area contributed by atoms with Crippen molar-refractivity contribution in [3.05, 3.63) is 64.0 Å². The molecule has 2 unspecified atom stereocenters. The first kappa shape index (κ1) is 27.0. The van der Waals surface area contributed by atoms with Crippen molar-refractivity contribution < 1.29 is 9.32 Å². The molecule has 3 aromatic rings. The highest BCUT2D eigenvalue weighted by molar-refractivity contribution is 6.36. The number of anilines is 1. The number of aromatic nitrogens is 2. The first-order valence-electron chi connectivity index (χ1n) is 13.5. The minimum Gasteiger partial charge on any atom is -0.371 e. The maximum atomic E-state index is 13.0. The first-order valence-corrected chi connectivity index (χ1v) is 14.3. The average molecular weight is 557 g/mol. The number of rotatable bonds is 7. The highest BCUT2D eigenvalue weighted by Gasteiger charge is 2.27. The molecule has 2 aromatic carbocycles. The summed E-state index contributed by atoms with van der Waals surface area (Å²) < 4.78 is 5.46. The largest absolute Gasteiger partial charge is 0.371 e. The fraction of sp³-hybridized carbons (Fsp3) is 0.483. The van der Waals surface area contributed by atoms with Crippen LogP contribution in [0.1, 0.15) is 57.0 Å². The van der Waals surface area contributed by atoms with Gasteiger partial charge < -0.3 is 14.7 Å². The van der Waals surface area contributed by atoms with Crippen molar-refractivity contribution in [2.24, 2.45) is 11.8 Å². The molecule has 9 heteroatoms. The van der Waals surface area contributed by atoms with Crippen LogP contribution in [0.4, 0.5) is 5.69 Å². The van der Waals surface area contributed by atoms with E-state index in [1.165, 1.54) is 18.5 Å². The van der Waals surface area contributed by atoms with Crippen molar-refractivity contribution in [2.45, 2.75) is 52.1 Å². The second kappa shape index (κ2) is 12.1. The molecule has 2 atom stereocenters. The van der Waals surface area contributed by atoms with Gasteiger partial charge in [0.1, 0.15) is 0 Å². The fourth-order valence-electron chi connectivity index (χ4n) is 5.46. The van der Waals surface area contributed by atoms with Gasteiger partial charge in [0.15, 0.2) is 0 Å². The van der Waals surface area contributed by atoms with Crippen molar-refractivity contribution in [1.82, 2.24) is 20.4 Å². The van der Waals surface area contributed by atoms with Gasteiger partial charge in [-0.2, -0.15) is 4.98 Å². The van der Waals surface area contributed by atoms with Gasteiger partial charge in [0, 0.05) is 35.3 Å². The van der Waals surface area contributed by atoms with E-state index in [-0.39, 0.29) is 17.9 Å². The number of benzene rings is 2. The zero-order chi connectivity index (χ0) is 26.6. The summed E-state index contributed by atoms with van der Waals surface area (Å²) in [6.45, 7) is 8.77. The Bertz CT molecular complexity index is 1240. The predicted molar refractivity (Wildman–Crippen MR) is 151 cm³/mol. The van der Waals surface area contributed by atoms with Crippen molar-refractivity contribution in [2.75, 3.05) is 31.1 Å². The maximum absolute atomic E-state index is 13.0. The number of piperidine rings is 2. The molecule has 2 saturated heterocycles. The van der Waals surface area contributed by atoms with Crippen LogP contribution in [0.15, 0.2) is 47.0 Å². The molecule has 1 amide bonds. The number of amides is 1. The number of nitrogens with zero attached hydrogens (tertiary/aromatic N) is 4. The van der Waals surface area contributed by atoms with Crippen molar-refractivity contribution in [3.63, 3.8) is 0 Å². The Hall–Kier alpha value is -2.61. The third kappa shape index (κ3) is 6.50. The fourth-order valence-corrected chi connectivity index (χ4v) is 5.95. The van der Waals surface area contributed by atoms with Crippen LogP contribution < -0.4 is 10.2 Å². The molecule has 3 heterocycles. The average Bonchev–Trinajstić information content (AvgIpc) is 3.37. The van der Waals surface area contributed by atoms with Gasteiger partial charge in [-0.05, 0) is 87.5 Å². The monoisotopic (exact) mass is 555 g/mol. The molecule has 0 saturated carbocycles. The lowest BCUT2D eigenvalue weighted by Gasteiger charge is -2.33. The quantitative estimate of drug-likeness (QED) is 0.365. The summed E-state index contributed by atoms with van der Waals surface area (Å²) in [5.74, 6) is 1.86. The van der Waals surface area contributed by atoms with Crippen LogP contribution in [0.3, 0.4) is 0 Å². The van der Waals surface area contributed by atoms with Gasteiger partial charge in [-0.1, -0.05) is 47.4 Å². The molecule has 2 aliphatic rings. The smallest absolute Gasteiger partial charge is 0.241 e. The molecule has 2 fully saturated rings. The molecule has 7 nitrogen and oxygen atoms in total. The van der Waals surface area contributed by atoms with Gasteiger partial charge in [-0.3, -0.25) is 9.69 Å². The Kier molecular flexibility index (Phi) is 8.56. The summed E-state index contributed by atoms with van der Waals surface area (Å²) in [5, 5.41) is 8.35. The summed E-state index contributed by atoms with van der Waals surface area (Å²) >= 11 is 12.3. The standard InChI is InChI=1S/C29H35Cl2N5O2/c1-19-4-3-13-36(17-19)24-8-5-21(6-9-24)20(2)32-29(37)22-11-14-35(15-12-22)18-27-33-28(34-38-27)25-10-7-23(30)16-26(25)31/h5-10,16,19-20,22H,3-4,11-15,17-18H2,1-2H3,(H,32,37). The van der Waals surface area contributed by atoms with Crippen LogP contribution in [0, 0.1) is 11.8 Å². The van der Waals surface area contributed by atoms with E-state index in [2.05, 4.69) is 63.4 Å². The number of carbonyl (C=O) groups is 1. The van der Waals surface area contributed by atoms with Crippen molar-refractivity contribution >= 4 is 34.8 Å². The van der Waals surface area contributed by atoms with Crippen LogP contribution in [0.2, 0.25) is 10.0 Å². The van der Waals surface area contributed by atoms with Crippen LogP contribution in [0.25, 0.3) is 11.4 Å². The molecule has 2 aliphatic heterocycles. The van der Waals surface area contributed by atoms with Crippen LogP contribution in [-0.2, 0) is 11.3 Å². The zero-order valence-corrected chi connectivity index (χ0v) is 23.5. The van der Waals surface area contributed by atoms with Gasteiger partial charge >= 0.3 is 0 Å². The third-order valence-electron chi connectivity index (χ3n) is 7.73. The lowest BCUT2D eigenvalue weighted by atomic mass is 9.95. The van der Waals surface area contributed by atoms with Crippen molar-refractivity contribution in [3.8, 4) is 11.4 Å². The normalized spacial score (nSPS) is 19.9. The molecule has 0 bridgehead atoms. The molecule has 0 spiro atoms. The Morgan fingerprint density at radius 1 is 1.11 bits per heavy atom. The van der Waals surface area contributed by atoms with E-state index in [9.17, 15) is 4.79 Å². The molecule has 5 rings (SSSR count). The van der Waals surface area contributed by atoms with Gasteiger partial charge in [0.05, 0.1) is 17.6 Å². The second-order valence-corrected chi connectivity index (χ2v) is 11.5. The number of hydrogen-bond acceptors (Lipinski definition) is 6. The summed E-state index contributed by atoms with van der Waals surface area (Å²) in [6.07, 6.45) is 4.17. The van der Waals surface area contributed by atoms with E-state index in [0.717, 1.165) is 50.5 Å². The van der Waals surface area contributed by atoms with Gasteiger partial charge in [-0.15, -0.1) is 0 Å². The van der Waals surface area contributed by atoms with E-state index in [0.29, 0.717) is 33.9 Å². The van der Waals surface area contributed by atoms with E-state index < -0.39 is 0 Å². The molecule has 1 aromatic heterocycles. The SMILES string of the molecule is CC1CCCN(c2ccc(C(C)NC(=O)C3CCN(Cc4nc(-c5ccc(Cl)cc5Cl)no4)CC3)cc2)C1. The molecule has 1 N–H and O–H groups in total.